The summed E-state index contributed by atoms with van der Waals surface area (Å²) in [4.78, 5) is 19.8. The minimum atomic E-state index is -0.616. The van der Waals surface area contributed by atoms with E-state index < -0.39 is 11.6 Å². The fourth-order valence-electron chi connectivity index (χ4n) is 6.08. The fourth-order valence-corrected chi connectivity index (χ4v) is 6.08. The van der Waals surface area contributed by atoms with E-state index in [-0.39, 0.29) is 11.6 Å². The van der Waals surface area contributed by atoms with Crippen LogP contribution in [0.3, 0.4) is 0 Å². The van der Waals surface area contributed by atoms with Gasteiger partial charge in [0.15, 0.2) is 11.6 Å². The second kappa shape index (κ2) is 8.81. The number of hydrogen-bond acceptors (Lipinski definition) is 7. The van der Waals surface area contributed by atoms with Crippen molar-refractivity contribution in [2.75, 3.05) is 31.5 Å². The van der Waals surface area contributed by atoms with Gasteiger partial charge in [-0.25, -0.2) is 28.7 Å². The lowest BCUT2D eigenvalue weighted by molar-refractivity contribution is -0.0282. The average molecular weight is 503 g/mol. The summed E-state index contributed by atoms with van der Waals surface area (Å²) in [6, 6.07) is 6.96. The monoisotopic (exact) mass is 502 g/mol. The van der Waals surface area contributed by atoms with Crippen molar-refractivity contribution < 1.29 is 8.78 Å². The van der Waals surface area contributed by atoms with Crippen LogP contribution in [0.15, 0.2) is 36.7 Å². The van der Waals surface area contributed by atoms with Crippen LogP contribution in [-0.2, 0) is 19.5 Å². The number of imidazole rings is 1. The van der Waals surface area contributed by atoms with Gasteiger partial charge >= 0.3 is 0 Å². The van der Waals surface area contributed by atoms with Crippen molar-refractivity contribution in [2.45, 2.75) is 38.8 Å². The molecule has 37 heavy (non-hydrogen) atoms. The van der Waals surface area contributed by atoms with Crippen molar-refractivity contribution >= 4 is 22.8 Å². The third-order valence-corrected chi connectivity index (χ3v) is 7.94. The minimum absolute atomic E-state index is 0.0353. The Morgan fingerprint density at radius 2 is 1.86 bits per heavy atom. The molecule has 10 heteroatoms. The van der Waals surface area contributed by atoms with E-state index in [2.05, 4.69) is 35.5 Å². The Kier molecular flexibility index (Phi) is 5.40. The van der Waals surface area contributed by atoms with E-state index >= 15 is 0 Å². The molecule has 6 heterocycles. The lowest BCUT2D eigenvalue weighted by Gasteiger charge is -2.52. The topological polar surface area (TPSA) is 83.8 Å². The second-order valence-corrected chi connectivity index (χ2v) is 10.6. The Hall–Kier alpha value is -3.50. The molecule has 2 saturated heterocycles. The van der Waals surface area contributed by atoms with E-state index in [0.29, 0.717) is 27.8 Å². The summed E-state index contributed by atoms with van der Waals surface area (Å²) in [6.45, 7) is 6.21. The molecule has 0 unspecified atom stereocenters. The van der Waals surface area contributed by atoms with E-state index in [4.69, 9.17) is 0 Å². The first kappa shape index (κ1) is 22.7. The molecule has 0 saturated carbocycles. The lowest BCUT2D eigenvalue weighted by atomic mass is 9.72. The largest absolute Gasteiger partial charge is 0.328 e. The highest BCUT2D eigenvalue weighted by Crippen LogP contribution is 2.39. The van der Waals surface area contributed by atoms with Gasteiger partial charge in [-0.1, -0.05) is 6.07 Å². The number of fused-ring (bicyclic) bond motifs is 3. The summed E-state index contributed by atoms with van der Waals surface area (Å²) >= 11 is 0. The zero-order valence-corrected chi connectivity index (χ0v) is 20.5. The Morgan fingerprint density at radius 3 is 2.68 bits per heavy atom. The number of benzene rings is 1. The predicted molar refractivity (Wildman–Crippen MR) is 136 cm³/mol. The van der Waals surface area contributed by atoms with Crippen molar-refractivity contribution in [1.82, 2.24) is 34.7 Å². The number of aromatic nitrogens is 5. The maximum Gasteiger partial charge on any atom is 0.229 e. The number of nitrogens with zero attached hydrogens (tertiary/aromatic N) is 6. The number of rotatable bonds is 5. The van der Waals surface area contributed by atoms with Gasteiger partial charge in [-0.15, -0.1) is 0 Å². The molecule has 3 aliphatic rings. The zero-order valence-electron chi connectivity index (χ0n) is 20.5. The van der Waals surface area contributed by atoms with Crippen LogP contribution < -0.4 is 10.6 Å². The van der Waals surface area contributed by atoms with E-state index in [1.54, 1.807) is 6.07 Å². The summed E-state index contributed by atoms with van der Waals surface area (Å²) < 4.78 is 31.6. The molecule has 2 fully saturated rings. The van der Waals surface area contributed by atoms with Gasteiger partial charge in [0.2, 0.25) is 5.95 Å². The summed E-state index contributed by atoms with van der Waals surface area (Å²) in [5.74, 6) is 0.537. The molecule has 2 N–H and O–H groups in total. The second-order valence-electron chi connectivity index (χ2n) is 10.6. The van der Waals surface area contributed by atoms with Crippen LogP contribution >= 0.6 is 0 Å². The van der Waals surface area contributed by atoms with E-state index in [1.165, 1.54) is 18.9 Å². The standard InChI is InChI=1S/C27H28F2N8/c28-19-10-18(11-21-25(19)34-23-2-1-9-37(21)23)24-20(29)13-32-26(35-24)33-22-4-3-17(12-31-22)14-36-15-27(16-36)5-7-30-8-6-27/h3-4,10-13,30H,1-2,5-9,14-16H2,(H,31,32,33,35). The van der Waals surface area contributed by atoms with Crippen molar-refractivity contribution in [2.24, 2.45) is 5.41 Å². The molecule has 0 radical (unpaired) electrons. The Balaban J connectivity index is 1.07. The highest BCUT2D eigenvalue weighted by molar-refractivity contribution is 5.83. The lowest BCUT2D eigenvalue weighted by Crippen LogP contribution is -2.59. The molecule has 190 valence electrons. The summed E-state index contributed by atoms with van der Waals surface area (Å²) in [7, 11) is 0. The molecule has 0 amide bonds. The molecule has 3 aromatic heterocycles. The van der Waals surface area contributed by atoms with Gasteiger partial charge in [0.05, 0.1) is 11.7 Å². The minimum Gasteiger partial charge on any atom is -0.328 e. The molecule has 4 aromatic rings. The summed E-state index contributed by atoms with van der Waals surface area (Å²) in [5.41, 5.74) is 3.02. The molecule has 1 spiro atoms. The number of nitrogens with one attached hydrogen (secondary N) is 2. The van der Waals surface area contributed by atoms with Crippen LogP contribution in [0.5, 0.6) is 0 Å². The normalized spacial score (nSPS) is 18.8. The van der Waals surface area contributed by atoms with Gasteiger partial charge in [0.25, 0.3) is 0 Å². The van der Waals surface area contributed by atoms with Gasteiger partial charge in [-0.3, -0.25) is 4.90 Å². The van der Waals surface area contributed by atoms with Crippen molar-refractivity contribution in [3.05, 3.63) is 59.7 Å². The Morgan fingerprint density at radius 1 is 1.00 bits per heavy atom. The van der Waals surface area contributed by atoms with Crippen LogP contribution in [-0.4, -0.2) is 55.6 Å². The molecule has 0 aliphatic carbocycles. The number of aryl methyl sites for hydroxylation is 2. The quantitative estimate of drug-likeness (QED) is 0.426. The molecule has 8 nitrogen and oxygen atoms in total. The fraction of sp³-hybridized carbons (Fsp3) is 0.407. The molecule has 0 bridgehead atoms. The highest BCUT2D eigenvalue weighted by Gasteiger charge is 2.42. The number of likely N-dealkylation sites (tertiary alicyclic amines) is 1. The first-order valence-electron chi connectivity index (χ1n) is 12.9. The molecular formula is C27H28F2N8. The molecular weight excluding hydrogens is 474 g/mol. The smallest absolute Gasteiger partial charge is 0.229 e. The highest BCUT2D eigenvalue weighted by atomic mass is 19.1. The third-order valence-electron chi connectivity index (χ3n) is 7.94. The Labute approximate surface area is 213 Å². The predicted octanol–water partition coefficient (Wildman–Crippen LogP) is 4.04. The van der Waals surface area contributed by atoms with Crippen molar-refractivity contribution in [3.63, 3.8) is 0 Å². The van der Waals surface area contributed by atoms with Crippen LogP contribution in [0.1, 0.15) is 30.7 Å². The van der Waals surface area contributed by atoms with Crippen LogP contribution in [0, 0.1) is 17.0 Å². The number of anilines is 2. The van der Waals surface area contributed by atoms with E-state index in [1.807, 2.05) is 22.9 Å². The maximum atomic E-state index is 14.9. The third kappa shape index (κ3) is 4.14. The van der Waals surface area contributed by atoms with Crippen LogP contribution in [0.2, 0.25) is 0 Å². The van der Waals surface area contributed by atoms with Gasteiger partial charge in [0.1, 0.15) is 22.9 Å². The number of pyridine rings is 1. The SMILES string of the molecule is Fc1cnc(Nc2ccc(CN3CC4(CCNCC4)C3)cn2)nc1-c1cc(F)c2nc3n(c2c1)CCC3. The van der Waals surface area contributed by atoms with Gasteiger partial charge in [-0.2, -0.15) is 0 Å². The maximum absolute atomic E-state index is 14.9. The van der Waals surface area contributed by atoms with E-state index in [0.717, 1.165) is 69.7 Å². The molecule has 0 atom stereocenters. The molecule has 3 aliphatic heterocycles. The summed E-state index contributed by atoms with van der Waals surface area (Å²) in [5, 5.41) is 6.50. The van der Waals surface area contributed by atoms with Gasteiger partial charge in [0, 0.05) is 44.4 Å². The first-order chi connectivity index (χ1) is 18.1. The zero-order chi connectivity index (χ0) is 25.0. The molecule has 7 rings (SSSR count). The van der Waals surface area contributed by atoms with E-state index in [9.17, 15) is 8.78 Å². The van der Waals surface area contributed by atoms with Crippen molar-refractivity contribution in [1.29, 1.82) is 0 Å². The van der Waals surface area contributed by atoms with Crippen LogP contribution in [0.4, 0.5) is 20.5 Å². The number of piperidine rings is 1. The summed E-state index contributed by atoms with van der Waals surface area (Å²) in [6.07, 6.45) is 7.26. The first-order valence-corrected chi connectivity index (χ1v) is 12.9. The molecule has 1 aromatic carbocycles. The van der Waals surface area contributed by atoms with Gasteiger partial charge in [-0.05, 0) is 61.5 Å². The average Bonchev–Trinajstić information content (AvgIpc) is 3.49. The van der Waals surface area contributed by atoms with Crippen LogP contribution in [0.25, 0.3) is 22.3 Å². The Bertz CT molecular complexity index is 1470. The van der Waals surface area contributed by atoms with Crippen molar-refractivity contribution in [3.8, 4) is 11.3 Å². The van der Waals surface area contributed by atoms with Gasteiger partial charge < -0.3 is 15.2 Å². The number of hydrogen-bond donors (Lipinski definition) is 2. The number of halogens is 2.